The van der Waals surface area contributed by atoms with E-state index in [0.29, 0.717) is 0 Å². The summed E-state index contributed by atoms with van der Waals surface area (Å²) in [6.45, 7) is 2.01. The molecule has 1 nitrogen and oxygen atoms in total. The first-order chi connectivity index (χ1) is 14.3. The van der Waals surface area contributed by atoms with Gasteiger partial charge in [-0.05, 0) is 68.3 Å². The van der Waals surface area contributed by atoms with Crippen LogP contribution in [0.1, 0.15) is 24.4 Å². The molecule has 0 saturated carbocycles. The van der Waals surface area contributed by atoms with Gasteiger partial charge in [-0.15, -0.1) is 24.0 Å². The first-order valence-electron chi connectivity index (χ1n) is 10.4. The Morgan fingerprint density at radius 1 is 0.600 bits per heavy atom. The third-order valence-corrected chi connectivity index (χ3v) is 10.1. The zero-order valence-corrected chi connectivity index (χ0v) is 20.6. The van der Waals surface area contributed by atoms with Crippen molar-refractivity contribution in [2.45, 2.75) is 26.2 Å². The number of furan rings is 1. The van der Waals surface area contributed by atoms with E-state index in [1.165, 1.54) is 28.5 Å². The van der Waals surface area contributed by atoms with Crippen LogP contribution in [-0.4, -0.2) is 6.16 Å². The predicted molar refractivity (Wildman–Crippen MR) is 142 cm³/mol. The molecule has 0 unspecified atom stereocenters. The minimum Gasteiger partial charge on any atom is -0.466 e. The fraction of sp³-hybridized carbons (Fsp3) is 0.185. The quantitative estimate of drug-likeness (QED) is 0.144. The molecule has 0 atom stereocenters. The van der Waals surface area contributed by atoms with Crippen LogP contribution in [0.25, 0.3) is 0 Å². The number of rotatable bonds is 8. The Morgan fingerprint density at radius 2 is 1.07 bits per heavy atom. The van der Waals surface area contributed by atoms with Gasteiger partial charge in [-0.1, -0.05) is 54.6 Å². The Morgan fingerprint density at radius 3 is 1.47 bits per heavy atom. The number of unbranched alkanes of at least 4 members (excludes halogenated alkanes) is 1. The van der Waals surface area contributed by atoms with Crippen molar-refractivity contribution in [3.8, 4) is 0 Å². The first-order valence-corrected chi connectivity index (χ1v) is 12.4. The van der Waals surface area contributed by atoms with E-state index in [4.69, 9.17) is 4.42 Å². The van der Waals surface area contributed by atoms with Crippen molar-refractivity contribution < 1.29 is 4.42 Å². The van der Waals surface area contributed by atoms with Gasteiger partial charge in [0.1, 0.15) is 34.7 Å². The lowest BCUT2D eigenvalue weighted by Crippen LogP contribution is -2.33. The van der Waals surface area contributed by atoms with Gasteiger partial charge in [0.15, 0.2) is 0 Å². The van der Waals surface area contributed by atoms with Crippen LogP contribution in [0.4, 0.5) is 0 Å². The Labute approximate surface area is 197 Å². The Hall–Kier alpha value is -1.90. The summed E-state index contributed by atoms with van der Waals surface area (Å²) in [7, 11) is -1.70. The van der Waals surface area contributed by atoms with Crippen molar-refractivity contribution in [1.82, 2.24) is 0 Å². The summed E-state index contributed by atoms with van der Waals surface area (Å²) in [6.07, 6.45) is 4.49. The number of halogens is 1. The average Bonchev–Trinajstić information content (AvgIpc) is 3.21. The molecule has 3 aromatic carbocycles. The van der Waals surface area contributed by atoms with Gasteiger partial charge in [0.05, 0.1) is 6.16 Å². The second-order valence-corrected chi connectivity index (χ2v) is 11.1. The maximum Gasteiger partial charge on any atom is 0.112 e. The lowest BCUT2D eigenvalue weighted by atomic mass is 10.2. The second kappa shape index (κ2) is 10.9. The van der Waals surface area contributed by atoms with Crippen molar-refractivity contribution in [3.63, 3.8) is 0 Å². The van der Waals surface area contributed by atoms with Crippen LogP contribution in [0, 0.1) is 6.92 Å². The first kappa shape index (κ1) is 22.8. The van der Waals surface area contributed by atoms with Gasteiger partial charge >= 0.3 is 0 Å². The molecule has 0 fully saturated rings. The SMILES string of the molecule is Cc1ccc(CCCC[P+](c2ccccc2)(c2ccccc2)c2ccccc2)o1.I. The van der Waals surface area contributed by atoms with Gasteiger partial charge in [-0.3, -0.25) is 0 Å². The van der Waals surface area contributed by atoms with Crippen LogP contribution in [-0.2, 0) is 6.42 Å². The van der Waals surface area contributed by atoms with Crippen LogP contribution >= 0.6 is 31.2 Å². The molecule has 1 aromatic heterocycles. The third kappa shape index (κ3) is 5.04. The van der Waals surface area contributed by atoms with Gasteiger partial charge in [0, 0.05) is 6.42 Å². The number of hydrogen-bond donors (Lipinski definition) is 0. The van der Waals surface area contributed by atoms with E-state index in [1.54, 1.807) is 0 Å². The molecule has 0 bridgehead atoms. The smallest absolute Gasteiger partial charge is 0.112 e. The lowest BCUT2D eigenvalue weighted by Gasteiger charge is -2.27. The molecular formula is C27H29IOP+. The predicted octanol–water partition coefficient (Wildman–Crippen LogP) is 6.52. The lowest BCUT2D eigenvalue weighted by molar-refractivity contribution is 0.476. The molecule has 0 N–H and O–H groups in total. The minimum absolute atomic E-state index is 0. The van der Waals surface area contributed by atoms with E-state index >= 15 is 0 Å². The average molecular weight is 527 g/mol. The van der Waals surface area contributed by atoms with Crippen molar-refractivity contribution in [3.05, 3.63) is 115 Å². The highest BCUT2D eigenvalue weighted by Gasteiger charge is 2.44. The zero-order valence-electron chi connectivity index (χ0n) is 17.4. The molecule has 4 rings (SSSR count). The molecule has 30 heavy (non-hydrogen) atoms. The summed E-state index contributed by atoms with van der Waals surface area (Å²) < 4.78 is 5.78. The van der Waals surface area contributed by atoms with Gasteiger partial charge < -0.3 is 4.42 Å². The maximum atomic E-state index is 5.78. The van der Waals surface area contributed by atoms with E-state index in [2.05, 4.69) is 103 Å². The van der Waals surface area contributed by atoms with Crippen molar-refractivity contribution in [2.24, 2.45) is 0 Å². The zero-order chi connectivity index (χ0) is 19.9. The molecule has 0 saturated heterocycles. The van der Waals surface area contributed by atoms with Crippen LogP contribution in [0.5, 0.6) is 0 Å². The molecule has 0 aliphatic carbocycles. The summed E-state index contributed by atoms with van der Waals surface area (Å²) in [4.78, 5) is 0. The summed E-state index contributed by atoms with van der Waals surface area (Å²) in [5, 5.41) is 4.39. The molecule has 0 aliphatic heterocycles. The Kier molecular flexibility index (Phi) is 8.30. The number of hydrogen-bond acceptors (Lipinski definition) is 1. The standard InChI is InChI=1S/C27H28OP.HI/c1-23-20-21-24(28-23)13-11-12-22-29(25-14-5-2-6-15-25,26-16-7-3-8-17-26)27-18-9-4-10-19-27;/h2-10,14-21H,11-13,22H2,1H3;1H/q+1;. The van der Waals surface area contributed by atoms with Crippen LogP contribution in [0.3, 0.4) is 0 Å². The molecule has 154 valence electrons. The Balaban J connectivity index is 0.00000256. The van der Waals surface area contributed by atoms with E-state index in [1.807, 2.05) is 6.92 Å². The summed E-state index contributed by atoms with van der Waals surface area (Å²) in [5.74, 6) is 2.10. The normalized spacial score (nSPS) is 11.1. The fourth-order valence-electron chi connectivity index (χ4n) is 4.15. The second-order valence-electron chi connectivity index (χ2n) is 7.51. The molecule has 0 radical (unpaired) electrons. The Bertz CT molecular complexity index is 916. The van der Waals surface area contributed by atoms with E-state index in [-0.39, 0.29) is 24.0 Å². The van der Waals surface area contributed by atoms with E-state index in [0.717, 1.165) is 24.4 Å². The monoisotopic (exact) mass is 527 g/mol. The van der Waals surface area contributed by atoms with Crippen LogP contribution in [0.15, 0.2) is 108 Å². The third-order valence-electron chi connectivity index (χ3n) is 5.55. The number of aryl methyl sites for hydroxylation is 2. The van der Waals surface area contributed by atoms with Crippen LogP contribution in [0.2, 0.25) is 0 Å². The van der Waals surface area contributed by atoms with E-state index in [9.17, 15) is 0 Å². The maximum absolute atomic E-state index is 5.78. The summed E-state index contributed by atoms with van der Waals surface area (Å²) in [6, 6.07) is 37.6. The van der Waals surface area contributed by atoms with Gasteiger partial charge in [-0.2, -0.15) is 0 Å². The van der Waals surface area contributed by atoms with E-state index < -0.39 is 7.26 Å². The highest BCUT2D eigenvalue weighted by Crippen LogP contribution is 2.55. The molecular weight excluding hydrogens is 498 g/mol. The fourth-order valence-corrected chi connectivity index (χ4v) is 8.56. The molecule has 0 amide bonds. The van der Waals surface area contributed by atoms with Crippen molar-refractivity contribution in [1.29, 1.82) is 0 Å². The van der Waals surface area contributed by atoms with Crippen LogP contribution < -0.4 is 15.9 Å². The largest absolute Gasteiger partial charge is 0.466 e. The van der Waals surface area contributed by atoms with Crippen molar-refractivity contribution in [2.75, 3.05) is 6.16 Å². The van der Waals surface area contributed by atoms with Gasteiger partial charge in [0.2, 0.25) is 0 Å². The molecule has 0 aliphatic rings. The molecule has 3 heteroatoms. The molecule has 0 spiro atoms. The van der Waals surface area contributed by atoms with Crippen molar-refractivity contribution >= 4 is 47.2 Å². The molecule has 4 aromatic rings. The molecule has 1 heterocycles. The summed E-state index contributed by atoms with van der Waals surface area (Å²) >= 11 is 0. The summed E-state index contributed by atoms with van der Waals surface area (Å²) in [5.41, 5.74) is 0. The highest BCUT2D eigenvalue weighted by atomic mass is 127. The minimum atomic E-state index is -1.70. The number of benzene rings is 3. The van der Waals surface area contributed by atoms with Gasteiger partial charge in [0.25, 0.3) is 0 Å². The van der Waals surface area contributed by atoms with Gasteiger partial charge in [-0.25, -0.2) is 0 Å². The highest BCUT2D eigenvalue weighted by molar-refractivity contribution is 14.0. The topological polar surface area (TPSA) is 13.1 Å².